The molecule has 4 nitrogen and oxygen atoms in total. The van der Waals surface area contributed by atoms with Crippen LogP contribution in [0, 0.1) is 5.82 Å². The van der Waals surface area contributed by atoms with Gasteiger partial charge in [0.05, 0.1) is 11.9 Å². The lowest BCUT2D eigenvalue weighted by Crippen LogP contribution is -2.24. The minimum absolute atomic E-state index is 0.312. The summed E-state index contributed by atoms with van der Waals surface area (Å²) in [6.45, 7) is 0.944. The molecule has 0 aliphatic carbocycles. The minimum Gasteiger partial charge on any atom is -0.340 e. The van der Waals surface area contributed by atoms with Gasteiger partial charge in [0.25, 0.3) is 5.91 Å². The van der Waals surface area contributed by atoms with E-state index in [2.05, 4.69) is 33.4 Å². The van der Waals surface area contributed by atoms with E-state index in [9.17, 15) is 9.18 Å². The highest BCUT2D eigenvalue weighted by atomic mass is 19.1. The smallest absolute Gasteiger partial charge is 0.256 e. The number of pyridine rings is 1. The predicted molar refractivity (Wildman–Crippen MR) is 100 cm³/mol. The number of para-hydroxylation sites is 1. The van der Waals surface area contributed by atoms with Crippen LogP contribution in [0.1, 0.15) is 22.3 Å². The molecule has 5 heteroatoms. The van der Waals surface area contributed by atoms with Crippen molar-refractivity contribution in [2.75, 3.05) is 16.8 Å². The lowest BCUT2D eigenvalue weighted by molar-refractivity contribution is 0.102. The number of hydrogen-bond donors (Lipinski definition) is 1. The molecule has 1 N–H and O–H groups in total. The molecule has 1 aliphatic heterocycles. The number of halogens is 1. The molecule has 1 amide bonds. The van der Waals surface area contributed by atoms with Gasteiger partial charge in [-0.1, -0.05) is 18.2 Å². The minimum atomic E-state index is -0.370. The van der Waals surface area contributed by atoms with E-state index in [1.165, 1.54) is 35.5 Å². The second-order valence-electron chi connectivity index (χ2n) is 6.25. The van der Waals surface area contributed by atoms with Crippen LogP contribution in [0.4, 0.5) is 21.6 Å². The number of anilines is 3. The van der Waals surface area contributed by atoms with E-state index >= 15 is 0 Å². The molecular formula is C21H18FN3O. The summed E-state index contributed by atoms with van der Waals surface area (Å²) in [6, 6.07) is 17.6. The fourth-order valence-corrected chi connectivity index (χ4v) is 3.21. The Morgan fingerprint density at radius 1 is 1.04 bits per heavy atom. The topological polar surface area (TPSA) is 45.2 Å². The van der Waals surface area contributed by atoms with Crippen molar-refractivity contribution in [2.45, 2.75) is 12.8 Å². The van der Waals surface area contributed by atoms with E-state index in [4.69, 9.17) is 0 Å². The molecule has 2 aromatic carbocycles. The Bertz CT molecular complexity index is 923. The van der Waals surface area contributed by atoms with E-state index in [0.717, 1.165) is 25.1 Å². The fraction of sp³-hybridized carbons (Fsp3) is 0.143. The van der Waals surface area contributed by atoms with Gasteiger partial charge in [0.2, 0.25) is 0 Å². The van der Waals surface area contributed by atoms with Crippen LogP contribution in [0.15, 0.2) is 66.9 Å². The van der Waals surface area contributed by atoms with Crippen LogP contribution in [0.25, 0.3) is 0 Å². The summed E-state index contributed by atoms with van der Waals surface area (Å²) >= 11 is 0. The van der Waals surface area contributed by atoms with Gasteiger partial charge in [-0.25, -0.2) is 9.37 Å². The maximum absolute atomic E-state index is 13.0. The van der Waals surface area contributed by atoms with E-state index in [-0.39, 0.29) is 11.7 Å². The molecule has 3 aromatic rings. The molecule has 0 spiro atoms. The first-order valence-corrected chi connectivity index (χ1v) is 8.59. The average Bonchev–Trinajstić information content (AvgIpc) is 2.69. The van der Waals surface area contributed by atoms with Crippen LogP contribution in [-0.2, 0) is 6.42 Å². The summed E-state index contributed by atoms with van der Waals surface area (Å²) in [7, 11) is 0. The van der Waals surface area contributed by atoms with Gasteiger partial charge in [-0.2, -0.15) is 0 Å². The van der Waals surface area contributed by atoms with Crippen LogP contribution in [0.3, 0.4) is 0 Å². The van der Waals surface area contributed by atoms with Gasteiger partial charge in [-0.15, -0.1) is 0 Å². The third-order valence-electron chi connectivity index (χ3n) is 4.52. The molecule has 0 saturated heterocycles. The lowest BCUT2D eigenvalue weighted by Gasteiger charge is -2.31. The molecule has 1 aliphatic rings. The van der Waals surface area contributed by atoms with Gasteiger partial charge < -0.3 is 10.2 Å². The number of nitrogens with one attached hydrogen (secondary N) is 1. The molecule has 0 saturated carbocycles. The highest BCUT2D eigenvalue weighted by Crippen LogP contribution is 2.33. The summed E-state index contributed by atoms with van der Waals surface area (Å²) in [5.41, 5.74) is 3.94. The quantitative estimate of drug-likeness (QED) is 0.755. The summed E-state index contributed by atoms with van der Waals surface area (Å²) in [4.78, 5) is 18.8. The largest absolute Gasteiger partial charge is 0.340 e. The molecule has 0 bridgehead atoms. The van der Waals surface area contributed by atoms with Crippen LogP contribution in [0.5, 0.6) is 0 Å². The molecule has 0 atom stereocenters. The van der Waals surface area contributed by atoms with Gasteiger partial charge in [0.15, 0.2) is 0 Å². The van der Waals surface area contributed by atoms with Crippen LogP contribution in [0.2, 0.25) is 0 Å². The van der Waals surface area contributed by atoms with Gasteiger partial charge in [0.1, 0.15) is 11.6 Å². The van der Waals surface area contributed by atoms with Crippen molar-refractivity contribution < 1.29 is 9.18 Å². The van der Waals surface area contributed by atoms with Crippen LogP contribution >= 0.6 is 0 Å². The number of amides is 1. The summed E-state index contributed by atoms with van der Waals surface area (Å²) < 4.78 is 13.0. The summed E-state index contributed by atoms with van der Waals surface area (Å²) in [6.07, 6.45) is 3.95. The summed E-state index contributed by atoms with van der Waals surface area (Å²) in [5.74, 6) is -0.215. The first-order valence-electron chi connectivity index (χ1n) is 8.59. The second-order valence-corrected chi connectivity index (χ2v) is 6.25. The first kappa shape index (κ1) is 16.3. The van der Waals surface area contributed by atoms with Crippen LogP contribution in [-0.4, -0.2) is 17.4 Å². The molecular weight excluding hydrogens is 329 g/mol. The Morgan fingerprint density at radius 3 is 2.62 bits per heavy atom. The fourth-order valence-electron chi connectivity index (χ4n) is 3.21. The summed E-state index contributed by atoms with van der Waals surface area (Å²) in [5, 5.41) is 2.74. The van der Waals surface area contributed by atoms with Gasteiger partial charge in [0, 0.05) is 17.8 Å². The third-order valence-corrected chi connectivity index (χ3v) is 4.52. The van der Waals surface area contributed by atoms with Gasteiger partial charge in [-0.05, 0) is 60.9 Å². The number of carbonyl (C=O) groups is 1. The molecule has 26 heavy (non-hydrogen) atoms. The molecule has 0 unspecified atom stereocenters. The highest BCUT2D eigenvalue weighted by Gasteiger charge is 2.18. The van der Waals surface area contributed by atoms with Crippen molar-refractivity contribution >= 4 is 23.1 Å². The lowest BCUT2D eigenvalue weighted by atomic mass is 10.0. The zero-order valence-electron chi connectivity index (χ0n) is 14.2. The second kappa shape index (κ2) is 6.96. The molecule has 4 rings (SSSR count). The first-order chi connectivity index (χ1) is 12.7. The van der Waals surface area contributed by atoms with Gasteiger partial charge >= 0.3 is 0 Å². The molecule has 2 heterocycles. The number of aromatic nitrogens is 1. The van der Waals surface area contributed by atoms with Crippen molar-refractivity contribution in [3.63, 3.8) is 0 Å². The maximum atomic E-state index is 13.0. The number of nitrogens with zero attached hydrogens (tertiary/aromatic N) is 2. The van der Waals surface area contributed by atoms with Gasteiger partial charge in [-0.3, -0.25) is 4.79 Å². The molecule has 130 valence electrons. The number of aryl methyl sites for hydroxylation is 1. The SMILES string of the molecule is O=C(Nc1ccc(N2CCCc3ccccc32)cn1)c1ccc(F)cc1. The molecule has 0 fully saturated rings. The average molecular weight is 347 g/mol. The van der Waals surface area contributed by atoms with Crippen molar-refractivity contribution in [1.82, 2.24) is 4.98 Å². The monoisotopic (exact) mass is 347 g/mol. The molecule has 0 radical (unpaired) electrons. The van der Waals surface area contributed by atoms with Crippen molar-refractivity contribution in [3.8, 4) is 0 Å². The predicted octanol–water partition coefficient (Wildman–Crippen LogP) is 4.56. The Kier molecular flexibility index (Phi) is 4.35. The number of carbonyl (C=O) groups excluding carboxylic acids is 1. The Hall–Kier alpha value is -3.21. The third kappa shape index (κ3) is 3.28. The zero-order valence-corrected chi connectivity index (χ0v) is 14.2. The number of fused-ring (bicyclic) bond motifs is 1. The molecule has 1 aromatic heterocycles. The standard InChI is InChI=1S/C21H18FN3O/c22-17-9-7-16(8-10-17)21(26)24-20-12-11-18(14-23-20)25-13-3-5-15-4-1-2-6-19(15)25/h1-2,4,6-12,14H,3,5,13H2,(H,23,24,26). The Morgan fingerprint density at radius 2 is 1.85 bits per heavy atom. The number of hydrogen-bond acceptors (Lipinski definition) is 3. The maximum Gasteiger partial charge on any atom is 0.256 e. The van der Waals surface area contributed by atoms with Crippen molar-refractivity contribution in [1.29, 1.82) is 0 Å². The Labute approximate surface area is 151 Å². The van der Waals surface area contributed by atoms with E-state index in [0.29, 0.717) is 11.4 Å². The van der Waals surface area contributed by atoms with E-state index in [1.54, 1.807) is 12.3 Å². The number of rotatable bonds is 3. The normalized spacial score (nSPS) is 13.2. The van der Waals surface area contributed by atoms with E-state index < -0.39 is 0 Å². The van der Waals surface area contributed by atoms with Crippen LogP contribution < -0.4 is 10.2 Å². The highest BCUT2D eigenvalue weighted by molar-refractivity contribution is 6.03. The number of benzene rings is 2. The van der Waals surface area contributed by atoms with Crippen molar-refractivity contribution in [2.24, 2.45) is 0 Å². The van der Waals surface area contributed by atoms with Crippen molar-refractivity contribution in [3.05, 3.63) is 83.8 Å². The van der Waals surface area contributed by atoms with E-state index in [1.807, 2.05) is 12.1 Å². The zero-order chi connectivity index (χ0) is 17.9. The Balaban J connectivity index is 1.51.